The van der Waals surface area contributed by atoms with E-state index in [-0.39, 0.29) is 0 Å². The summed E-state index contributed by atoms with van der Waals surface area (Å²) < 4.78 is 0. The molecule has 0 aliphatic heterocycles. The molecule has 0 N–H and O–H groups in total. The fourth-order valence-electron chi connectivity index (χ4n) is 0.605. The Morgan fingerprint density at radius 1 is 0.842 bits per heavy atom. The molecule has 1 aromatic rings. The van der Waals surface area contributed by atoms with Crippen molar-refractivity contribution in [1.29, 1.82) is 0 Å². The summed E-state index contributed by atoms with van der Waals surface area (Å²) >= 11 is 0. The molecule has 110 valence electrons. The van der Waals surface area contributed by atoms with Crippen LogP contribution in [0.3, 0.4) is 0 Å². The van der Waals surface area contributed by atoms with E-state index >= 15 is 0 Å². The molecular formula is C18H33N. The molecule has 0 saturated heterocycles. The maximum Gasteiger partial charge on any atom is 0.0372 e. The van der Waals surface area contributed by atoms with Gasteiger partial charge in [-0.15, -0.1) is 0 Å². The van der Waals surface area contributed by atoms with Crippen LogP contribution in [-0.4, -0.2) is 4.98 Å². The zero-order valence-electron chi connectivity index (χ0n) is 14.0. The minimum absolute atomic E-state index is 1.07. The lowest BCUT2D eigenvalue weighted by atomic mass is 10.4. The Hall–Kier alpha value is -1.63. The van der Waals surface area contributed by atoms with E-state index < -0.39 is 0 Å². The van der Waals surface area contributed by atoms with Crippen LogP contribution in [0, 0.1) is 6.92 Å². The van der Waals surface area contributed by atoms with E-state index in [0.717, 1.165) is 5.69 Å². The topological polar surface area (TPSA) is 12.9 Å². The van der Waals surface area contributed by atoms with Gasteiger partial charge in [0.25, 0.3) is 0 Å². The summed E-state index contributed by atoms with van der Waals surface area (Å²) in [4.78, 5) is 3.98. The molecule has 0 saturated carbocycles. The summed E-state index contributed by atoms with van der Waals surface area (Å²) in [5.41, 5.74) is 1.07. The Morgan fingerprint density at radius 2 is 1.26 bits per heavy atom. The number of aromatic nitrogens is 1. The van der Waals surface area contributed by atoms with Crippen LogP contribution in [-0.2, 0) is 0 Å². The van der Waals surface area contributed by atoms with Crippen LogP contribution in [0.2, 0.25) is 0 Å². The van der Waals surface area contributed by atoms with Gasteiger partial charge in [0.05, 0.1) is 0 Å². The average Bonchev–Trinajstić information content (AvgIpc) is 2.52. The van der Waals surface area contributed by atoms with Gasteiger partial charge in [0.1, 0.15) is 0 Å². The fourth-order valence-corrected chi connectivity index (χ4v) is 0.605. The van der Waals surface area contributed by atoms with Crippen LogP contribution >= 0.6 is 0 Å². The Balaban J connectivity index is -0.0000000858. The summed E-state index contributed by atoms with van der Waals surface area (Å²) in [7, 11) is 0. The molecule has 0 aliphatic carbocycles. The van der Waals surface area contributed by atoms with E-state index in [1.807, 2.05) is 78.8 Å². The van der Waals surface area contributed by atoms with Crippen LogP contribution in [0.15, 0.2) is 61.9 Å². The highest BCUT2D eigenvalue weighted by molar-refractivity contribution is 5.05. The second-order valence-electron chi connectivity index (χ2n) is 2.33. The highest BCUT2D eigenvalue weighted by Crippen LogP contribution is 1.86. The molecule has 0 radical (unpaired) electrons. The summed E-state index contributed by atoms with van der Waals surface area (Å²) in [6.07, 6.45) is 8.86. The Labute approximate surface area is 121 Å². The molecule has 19 heavy (non-hydrogen) atoms. The summed E-state index contributed by atoms with van der Waals surface area (Å²) in [5.74, 6) is 0. The van der Waals surface area contributed by atoms with Crippen molar-refractivity contribution in [2.45, 2.75) is 48.5 Å². The normalized spacial score (nSPS) is 6.89. The first kappa shape index (κ1) is 26.0. The Kier molecular flexibility index (Phi) is 49.3. The first-order chi connectivity index (χ1) is 9.31. The summed E-state index contributed by atoms with van der Waals surface area (Å²) in [6.45, 7) is 20.9. The molecular weight excluding hydrogens is 230 g/mol. The van der Waals surface area contributed by atoms with Gasteiger partial charge in [-0.2, -0.15) is 0 Å². The molecule has 0 amide bonds. The number of hydrogen-bond donors (Lipinski definition) is 0. The molecule has 0 atom stereocenters. The van der Waals surface area contributed by atoms with E-state index in [9.17, 15) is 0 Å². The Morgan fingerprint density at radius 3 is 1.42 bits per heavy atom. The van der Waals surface area contributed by atoms with Crippen molar-refractivity contribution in [2.75, 3.05) is 0 Å². The lowest BCUT2D eigenvalue weighted by Crippen LogP contribution is -1.72. The van der Waals surface area contributed by atoms with Crippen LogP contribution in [0.5, 0.6) is 0 Å². The van der Waals surface area contributed by atoms with Gasteiger partial charge in [-0.25, -0.2) is 0 Å². The first-order valence-corrected chi connectivity index (χ1v) is 7.09. The van der Waals surface area contributed by atoms with Crippen LogP contribution < -0.4 is 0 Å². The van der Waals surface area contributed by atoms with Crippen molar-refractivity contribution in [2.24, 2.45) is 0 Å². The van der Waals surface area contributed by atoms with Gasteiger partial charge in [-0.05, 0) is 19.1 Å². The molecule has 1 heteroatoms. The third-order valence-electron chi connectivity index (χ3n) is 1.20. The van der Waals surface area contributed by atoms with E-state index in [1.165, 1.54) is 0 Å². The van der Waals surface area contributed by atoms with Gasteiger partial charge < -0.3 is 0 Å². The smallest absolute Gasteiger partial charge is 0.0372 e. The van der Waals surface area contributed by atoms with Crippen LogP contribution in [0.25, 0.3) is 0 Å². The largest absolute Gasteiger partial charge is 0.262 e. The fraction of sp³-hybridized carbons (Fsp3) is 0.389. The maximum absolute atomic E-state index is 3.98. The van der Waals surface area contributed by atoms with Gasteiger partial charge in [0, 0.05) is 11.9 Å². The quantitative estimate of drug-likeness (QED) is 0.564. The highest BCUT2D eigenvalue weighted by Gasteiger charge is 1.73. The number of aryl methyl sites for hydroxylation is 1. The lowest BCUT2D eigenvalue weighted by molar-refractivity contribution is 1.20. The van der Waals surface area contributed by atoms with E-state index in [2.05, 4.69) is 18.1 Å². The van der Waals surface area contributed by atoms with Gasteiger partial charge in [-0.3, -0.25) is 4.98 Å². The van der Waals surface area contributed by atoms with Gasteiger partial charge in [-0.1, -0.05) is 85.1 Å². The number of nitrogens with zero attached hydrogens (tertiary/aromatic N) is 1. The standard InChI is InChI=1S/C6H7N.C6H8.3C2H6/c1-6-4-2-3-5-7-6;1-3-5-6-4-2;3*1-2/h2-5H,1H3;3-6H,1-2H2;3*1-2H3/b;6-5-;;;. The second kappa shape index (κ2) is 36.0. The minimum Gasteiger partial charge on any atom is -0.262 e. The molecule has 0 aliphatic rings. The molecule has 0 spiro atoms. The molecule has 0 fully saturated rings. The van der Waals surface area contributed by atoms with E-state index in [0.29, 0.717) is 0 Å². The second-order valence-corrected chi connectivity index (χ2v) is 2.33. The van der Waals surface area contributed by atoms with Gasteiger partial charge >= 0.3 is 0 Å². The molecule has 0 bridgehead atoms. The van der Waals surface area contributed by atoms with Gasteiger partial charge in [0.2, 0.25) is 0 Å². The molecule has 1 heterocycles. The predicted molar refractivity (Wildman–Crippen MR) is 92.6 cm³/mol. The summed E-state index contributed by atoms with van der Waals surface area (Å²) in [6, 6.07) is 5.86. The van der Waals surface area contributed by atoms with Crippen molar-refractivity contribution in [3.63, 3.8) is 0 Å². The Bertz CT molecular complexity index is 250. The van der Waals surface area contributed by atoms with E-state index in [1.54, 1.807) is 18.3 Å². The van der Waals surface area contributed by atoms with E-state index in [4.69, 9.17) is 0 Å². The molecule has 1 aromatic heterocycles. The third kappa shape index (κ3) is 38.5. The lowest BCUT2D eigenvalue weighted by Gasteiger charge is -1.82. The summed E-state index contributed by atoms with van der Waals surface area (Å²) in [5, 5.41) is 0. The van der Waals surface area contributed by atoms with Crippen molar-refractivity contribution < 1.29 is 0 Å². The third-order valence-corrected chi connectivity index (χ3v) is 1.20. The first-order valence-electron chi connectivity index (χ1n) is 7.09. The molecule has 0 aromatic carbocycles. The number of hydrogen-bond acceptors (Lipinski definition) is 1. The van der Waals surface area contributed by atoms with Crippen molar-refractivity contribution >= 4 is 0 Å². The van der Waals surface area contributed by atoms with Crippen LogP contribution in [0.1, 0.15) is 47.2 Å². The van der Waals surface area contributed by atoms with Gasteiger partial charge in [0.15, 0.2) is 0 Å². The predicted octanol–water partition coefficient (Wildman–Crippen LogP) is 6.38. The number of allylic oxidation sites excluding steroid dienone is 4. The van der Waals surface area contributed by atoms with Crippen molar-refractivity contribution in [3.8, 4) is 0 Å². The number of pyridine rings is 1. The van der Waals surface area contributed by atoms with Crippen LogP contribution in [0.4, 0.5) is 0 Å². The monoisotopic (exact) mass is 263 g/mol. The molecule has 1 nitrogen and oxygen atoms in total. The van der Waals surface area contributed by atoms with Crippen molar-refractivity contribution in [1.82, 2.24) is 4.98 Å². The SMILES string of the molecule is C=C/C=C\C=C.CC.CC.CC.Cc1ccccn1. The molecule has 1 rings (SSSR count). The minimum atomic E-state index is 1.07. The maximum atomic E-state index is 3.98. The zero-order valence-corrected chi connectivity index (χ0v) is 14.0. The van der Waals surface area contributed by atoms with Crippen molar-refractivity contribution in [3.05, 3.63) is 67.6 Å². The molecule has 0 unspecified atom stereocenters. The average molecular weight is 263 g/mol. The highest BCUT2D eigenvalue weighted by atomic mass is 14.6. The zero-order chi connectivity index (χ0) is 15.9. The number of rotatable bonds is 2.